The third-order valence-electron chi connectivity index (χ3n) is 2.39. The molecule has 1 amide bonds. The zero-order valence-electron chi connectivity index (χ0n) is 9.47. The molecule has 0 spiro atoms. The zero-order chi connectivity index (χ0) is 12.8. The normalized spacial score (nSPS) is 12.2. The summed E-state index contributed by atoms with van der Waals surface area (Å²) in [5.74, 6) is 1.00. The Morgan fingerprint density at radius 2 is 2.29 bits per heavy atom. The van der Waals surface area contributed by atoms with Gasteiger partial charge in [0, 0.05) is 20.5 Å². The van der Waals surface area contributed by atoms with E-state index in [4.69, 9.17) is 11.6 Å². The number of halogens is 3. The summed E-state index contributed by atoms with van der Waals surface area (Å²) in [5.41, 5.74) is 0.707. The average molecular weight is 431 g/mol. The first kappa shape index (κ1) is 15.2. The van der Waals surface area contributed by atoms with Crippen molar-refractivity contribution in [2.75, 3.05) is 12.4 Å². The van der Waals surface area contributed by atoms with E-state index in [0.717, 1.165) is 14.5 Å². The average Bonchev–Trinajstić information content (AvgIpc) is 2.29. The first-order valence-electron chi connectivity index (χ1n) is 5.33. The highest BCUT2D eigenvalue weighted by atomic mass is 127. The second-order valence-electron chi connectivity index (χ2n) is 3.92. The molecule has 1 unspecified atom stereocenters. The summed E-state index contributed by atoms with van der Waals surface area (Å²) in [6, 6.07) is 5.68. The third-order valence-corrected chi connectivity index (χ3v) is 4.04. The minimum Gasteiger partial charge on any atom is -0.352 e. The van der Waals surface area contributed by atoms with Gasteiger partial charge in [-0.05, 0) is 53.1 Å². The van der Waals surface area contributed by atoms with Crippen LogP contribution < -0.4 is 5.32 Å². The number of rotatable bonds is 5. The highest BCUT2D eigenvalue weighted by molar-refractivity contribution is 14.1. The minimum absolute atomic E-state index is 0.0304. The molecule has 1 aromatic rings. The summed E-state index contributed by atoms with van der Waals surface area (Å²) in [4.78, 5) is 12.0. The first-order chi connectivity index (χ1) is 8.04. The molecule has 1 N–H and O–H groups in total. The van der Waals surface area contributed by atoms with Crippen LogP contribution in [0.5, 0.6) is 0 Å². The summed E-state index contributed by atoms with van der Waals surface area (Å²) in [6.45, 7) is 2.74. The SMILES string of the molecule is CC(CCCl)CNC(=O)c1cc(Br)ccc1I. The third kappa shape index (κ3) is 5.14. The van der Waals surface area contributed by atoms with E-state index in [-0.39, 0.29) is 5.91 Å². The van der Waals surface area contributed by atoms with Crippen LogP contribution in [0.1, 0.15) is 23.7 Å². The van der Waals surface area contributed by atoms with Crippen LogP contribution in [0.15, 0.2) is 22.7 Å². The van der Waals surface area contributed by atoms with Crippen molar-refractivity contribution >= 4 is 56.0 Å². The van der Waals surface area contributed by atoms with Crippen molar-refractivity contribution in [3.05, 3.63) is 31.8 Å². The molecule has 0 aliphatic carbocycles. The molecular weight excluding hydrogens is 416 g/mol. The number of carbonyl (C=O) groups excluding carboxylic acids is 1. The minimum atomic E-state index is -0.0304. The number of hydrogen-bond donors (Lipinski definition) is 1. The number of amides is 1. The predicted molar refractivity (Wildman–Crippen MR) is 83.7 cm³/mol. The van der Waals surface area contributed by atoms with E-state index in [1.807, 2.05) is 18.2 Å². The van der Waals surface area contributed by atoms with E-state index in [1.165, 1.54) is 0 Å². The summed E-state index contributed by atoms with van der Waals surface area (Å²) < 4.78 is 1.87. The van der Waals surface area contributed by atoms with Gasteiger partial charge in [0.2, 0.25) is 0 Å². The van der Waals surface area contributed by atoms with Crippen LogP contribution in [-0.2, 0) is 0 Å². The largest absolute Gasteiger partial charge is 0.352 e. The lowest BCUT2D eigenvalue weighted by molar-refractivity contribution is 0.0947. The highest BCUT2D eigenvalue weighted by Gasteiger charge is 2.11. The molecule has 94 valence electrons. The van der Waals surface area contributed by atoms with Gasteiger partial charge in [0.05, 0.1) is 5.56 Å². The molecule has 0 saturated carbocycles. The van der Waals surface area contributed by atoms with Crippen molar-refractivity contribution in [1.82, 2.24) is 5.32 Å². The number of benzene rings is 1. The van der Waals surface area contributed by atoms with Gasteiger partial charge in [0.1, 0.15) is 0 Å². The van der Waals surface area contributed by atoms with Crippen molar-refractivity contribution in [3.63, 3.8) is 0 Å². The van der Waals surface area contributed by atoms with Gasteiger partial charge < -0.3 is 5.32 Å². The van der Waals surface area contributed by atoms with Gasteiger partial charge in [-0.25, -0.2) is 0 Å². The molecule has 0 aliphatic rings. The van der Waals surface area contributed by atoms with E-state index in [9.17, 15) is 4.79 Å². The molecule has 1 atom stereocenters. The molecule has 17 heavy (non-hydrogen) atoms. The fourth-order valence-electron chi connectivity index (χ4n) is 1.32. The Kier molecular flexibility index (Phi) is 6.80. The molecular formula is C12H14BrClINO. The van der Waals surface area contributed by atoms with Crippen LogP contribution in [0.3, 0.4) is 0 Å². The smallest absolute Gasteiger partial charge is 0.252 e. The Hall–Kier alpha value is 0.190. The Bertz CT molecular complexity index is 400. The Balaban J connectivity index is 2.61. The molecule has 0 saturated heterocycles. The summed E-state index contributed by atoms with van der Waals surface area (Å²) in [5, 5.41) is 2.93. The molecule has 0 bridgehead atoms. The quantitative estimate of drug-likeness (QED) is 0.554. The van der Waals surface area contributed by atoms with Gasteiger partial charge in [-0.1, -0.05) is 22.9 Å². The second kappa shape index (κ2) is 7.59. The number of hydrogen-bond acceptors (Lipinski definition) is 1. The van der Waals surface area contributed by atoms with Gasteiger partial charge >= 0.3 is 0 Å². The Morgan fingerprint density at radius 1 is 1.59 bits per heavy atom. The lowest BCUT2D eigenvalue weighted by atomic mass is 10.1. The van der Waals surface area contributed by atoms with Gasteiger partial charge in [-0.2, -0.15) is 0 Å². The lowest BCUT2D eigenvalue weighted by Gasteiger charge is -2.12. The van der Waals surface area contributed by atoms with Crippen LogP contribution in [0.2, 0.25) is 0 Å². The molecule has 2 nitrogen and oxygen atoms in total. The lowest BCUT2D eigenvalue weighted by Crippen LogP contribution is -2.29. The maximum atomic E-state index is 12.0. The summed E-state index contributed by atoms with van der Waals surface area (Å²) in [6.07, 6.45) is 0.914. The van der Waals surface area contributed by atoms with Crippen molar-refractivity contribution < 1.29 is 4.79 Å². The topological polar surface area (TPSA) is 29.1 Å². The first-order valence-corrected chi connectivity index (χ1v) is 7.74. The summed E-state index contributed by atoms with van der Waals surface area (Å²) in [7, 11) is 0. The molecule has 0 aliphatic heterocycles. The second-order valence-corrected chi connectivity index (χ2v) is 6.37. The van der Waals surface area contributed by atoms with Crippen LogP contribution in [0.25, 0.3) is 0 Å². The van der Waals surface area contributed by atoms with Crippen LogP contribution >= 0.6 is 50.1 Å². The fourth-order valence-corrected chi connectivity index (χ4v) is 2.64. The molecule has 1 aromatic carbocycles. The highest BCUT2D eigenvalue weighted by Crippen LogP contribution is 2.18. The predicted octanol–water partition coefficient (Wildman–Crippen LogP) is 4.05. The molecule has 0 fully saturated rings. The fraction of sp³-hybridized carbons (Fsp3) is 0.417. The molecule has 0 radical (unpaired) electrons. The van der Waals surface area contributed by atoms with Crippen LogP contribution in [0.4, 0.5) is 0 Å². The number of nitrogens with one attached hydrogen (secondary N) is 1. The maximum absolute atomic E-state index is 12.0. The Labute approximate surface area is 129 Å². The van der Waals surface area contributed by atoms with Gasteiger partial charge in [0.15, 0.2) is 0 Å². The van der Waals surface area contributed by atoms with Crippen LogP contribution in [0, 0.1) is 9.49 Å². The maximum Gasteiger partial charge on any atom is 0.252 e. The van der Waals surface area contributed by atoms with E-state index < -0.39 is 0 Å². The molecule has 5 heteroatoms. The molecule has 0 aromatic heterocycles. The van der Waals surface area contributed by atoms with Crippen molar-refractivity contribution in [2.24, 2.45) is 5.92 Å². The van der Waals surface area contributed by atoms with E-state index in [1.54, 1.807) is 0 Å². The molecule has 0 heterocycles. The van der Waals surface area contributed by atoms with Crippen molar-refractivity contribution in [3.8, 4) is 0 Å². The monoisotopic (exact) mass is 429 g/mol. The van der Waals surface area contributed by atoms with Gasteiger partial charge in [-0.3, -0.25) is 4.79 Å². The van der Waals surface area contributed by atoms with E-state index in [2.05, 4.69) is 50.8 Å². The standard InChI is InChI=1S/C12H14BrClINO/c1-8(4-5-14)7-16-12(17)10-6-9(13)2-3-11(10)15/h2-3,6,8H,4-5,7H2,1H3,(H,16,17). The Morgan fingerprint density at radius 3 is 2.94 bits per heavy atom. The zero-order valence-corrected chi connectivity index (χ0v) is 14.0. The van der Waals surface area contributed by atoms with Gasteiger partial charge in [0.25, 0.3) is 5.91 Å². The van der Waals surface area contributed by atoms with E-state index in [0.29, 0.717) is 23.9 Å². The number of alkyl halides is 1. The van der Waals surface area contributed by atoms with E-state index >= 15 is 0 Å². The van der Waals surface area contributed by atoms with Crippen molar-refractivity contribution in [2.45, 2.75) is 13.3 Å². The summed E-state index contributed by atoms with van der Waals surface area (Å²) >= 11 is 11.2. The van der Waals surface area contributed by atoms with Crippen LogP contribution in [-0.4, -0.2) is 18.3 Å². The number of carbonyl (C=O) groups is 1. The molecule has 1 rings (SSSR count). The van der Waals surface area contributed by atoms with Crippen molar-refractivity contribution in [1.29, 1.82) is 0 Å². The van der Waals surface area contributed by atoms with Gasteiger partial charge in [-0.15, -0.1) is 11.6 Å².